The number of para-hydroxylation sites is 1. The largest absolute Gasteiger partial charge is 0.382 e. The van der Waals surface area contributed by atoms with Crippen LogP contribution in [0.15, 0.2) is 42.9 Å². The number of benzene rings is 1. The SMILES string of the molecule is CCCc1ccccc1Nc1nc(N)cn2ccnc12. The minimum atomic E-state index is 0.464. The van der Waals surface area contributed by atoms with E-state index in [4.69, 9.17) is 5.73 Å². The van der Waals surface area contributed by atoms with Gasteiger partial charge in [-0.3, -0.25) is 0 Å². The van der Waals surface area contributed by atoms with Gasteiger partial charge < -0.3 is 15.5 Å². The van der Waals surface area contributed by atoms with Gasteiger partial charge in [0, 0.05) is 18.1 Å². The molecular weight excluding hydrogens is 250 g/mol. The van der Waals surface area contributed by atoms with E-state index in [1.165, 1.54) is 5.56 Å². The molecule has 0 atom stereocenters. The Kier molecular flexibility index (Phi) is 3.25. The van der Waals surface area contributed by atoms with Crippen LogP contribution in [-0.4, -0.2) is 14.4 Å². The van der Waals surface area contributed by atoms with Crippen molar-refractivity contribution in [3.63, 3.8) is 0 Å². The third-order valence-electron chi connectivity index (χ3n) is 3.18. The van der Waals surface area contributed by atoms with E-state index in [0.29, 0.717) is 11.6 Å². The van der Waals surface area contributed by atoms with Gasteiger partial charge >= 0.3 is 0 Å². The average molecular weight is 267 g/mol. The Labute approximate surface area is 117 Å². The van der Waals surface area contributed by atoms with Crippen LogP contribution in [0.25, 0.3) is 5.65 Å². The van der Waals surface area contributed by atoms with E-state index >= 15 is 0 Å². The maximum atomic E-state index is 5.83. The first-order chi connectivity index (χ1) is 9.78. The molecule has 3 aromatic rings. The Morgan fingerprint density at radius 1 is 1.30 bits per heavy atom. The number of aryl methyl sites for hydroxylation is 1. The number of imidazole rings is 1. The molecule has 2 heterocycles. The number of nitrogens with one attached hydrogen (secondary N) is 1. The van der Waals surface area contributed by atoms with E-state index < -0.39 is 0 Å². The normalized spacial score (nSPS) is 10.8. The average Bonchev–Trinajstić information content (AvgIpc) is 2.89. The van der Waals surface area contributed by atoms with Crippen LogP contribution in [0.4, 0.5) is 17.3 Å². The van der Waals surface area contributed by atoms with E-state index in [-0.39, 0.29) is 0 Å². The van der Waals surface area contributed by atoms with Gasteiger partial charge in [-0.1, -0.05) is 31.5 Å². The smallest absolute Gasteiger partial charge is 0.180 e. The van der Waals surface area contributed by atoms with Crippen molar-refractivity contribution in [1.82, 2.24) is 14.4 Å². The van der Waals surface area contributed by atoms with E-state index in [2.05, 4.69) is 34.3 Å². The molecule has 0 saturated carbocycles. The molecule has 0 saturated heterocycles. The summed E-state index contributed by atoms with van der Waals surface area (Å²) in [6.07, 6.45) is 7.47. The van der Waals surface area contributed by atoms with Gasteiger partial charge in [0.05, 0.1) is 6.20 Å². The Morgan fingerprint density at radius 2 is 2.15 bits per heavy atom. The number of nitrogens with two attached hydrogens (primary N) is 1. The molecule has 3 N–H and O–H groups in total. The second-order valence-corrected chi connectivity index (χ2v) is 4.70. The van der Waals surface area contributed by atoms with Gasteiger partial charge in [-0.2, -0.15) is 0 Å². The lowest BCUT2D eigenvalue weighted by Crippen LogP contribution is -2.03. The van der Waals surface area contributed by atoms with Crippen LogP contribution < -0.4 is 11.1 Å². The van der Waals surface area contributed by atoms with Gasteiger partial charge in [-0.05, 0) is 18.1 Å². The fourth-order valence-corrected chi connectivity index (χ4v) is 2.29. The zero-order valence-electron chi connectivity index (χ0n) is 11.4. The zero-order valence-corrected chi connectivity index (χ0v) is 11.4. The van der Waals surface area contributed by atoms with Crippen LogP contribution >= 0.6 is 0 Å². The van der Waals surface area contributed by atoms with Gasteiger partial charge in [0.15, 0.2) is 11.5 Å². The molecule has 0 fully saturated rings. The van der Waals surface area contributed by atoms with Crippen molar-refractivity contribution >= 4 is 23.0 Å². The topological polar surface area (TPSA) is 68.2 Å². The lowest BCUT2D eigenvalue weighted by molar-refractivity contribution is 0.923. The standard InChI is InChI=1S/C15H17N5/c1-2-5-11-6-3-4-7-12(11)18-14-15-17-8-9-20(15)10-13(16)19-14/h3-4,6-10H,2,5,16H2,1H3,(H,18,19). The molecule has 0 bridgehead atoms. The molecule has 0 spiro atoms. The summed E-state index contributed by atoms with van der Waals surface area (Å²) in [5.74, 6) is 1.14. The highest BCUT2D eigenvalue weighted by Crippen LogP contribution is 2.24. The molecule has 0 amide bonds. The van der Waals surface area contributed by atoms with Crippen molar-refractivity contribution < 1.29 is 0 Å². The maximum Gasteiger partial charge on any atom is 0.180 e. The first kappa shape index (κ1) is 12.5. The van der Waals surface area contributed by atoms with Crippen LogP contribution in [0, 0.1) is 0 Å². The van der Waals surface area contributed by atoms with Crippen molar-refractivity contribution in [3.8, 4) is 0 Å². The number of fused-ring (bicyclic) bond motifs is 1. The molecule has 2 aromatic heterocycles. The van der Waals surface area contributed by atoms with Crippen LogP contribution in [0.5, 0.6) is 0 Å². The number of nitrogens with zero attached hydrogens (tertiary/aromatic N) is 3. The monoisotopic (exact) mass is 267 g/mol. The number of aromatic nitrogens is 3. The Balaban J connectivity index is 2.03. The maximum absolute atomic E-state index is 5.83. The first-order valence-corrected chi connectivity index (χ1v) is 6.72. The Bertz CT molecular complexity index is 732. The predicted octanol–water partition coefficient (Wildman–Crippen LogP) is 3.01. The molecule has 3 rings (SSSR count). The highest BCUT2D eigenvalue weighted by molar-refractivity contribution is 5.72. The van der Waals surface area contributed by atoms with E-state index in [0.717, 1.165) is 24.2 Å². The molecule has 20 heavy (non-hydrogen) atoms. The summed E-state index contributed by atoms with van der Waals surface area (Å²) in [5.41, 5.74) is 8.92. The van der Waals surface area contributed by atoms with Crippen molar-refractivity contribution in [2.75, 3.05) is 11.1 Å². The number of rotatable bonds is 4. The fourth-order valence-electron chi connectivity index (χ4n) is 2.29. The van der Waals surface area contributed by atoms with Crippen LogP contribution in [-0.2, 0) is 6.42 Å². The molecule has 5 heteroatoms. The number of hydrogen-bond donors (Lipinski definition) is 2. The molecule has 0 aliphatic carbocycles. The van der Waals surface area contributed by atoms with Crippen LogP contribution in [0.3, 0.4) is 0 Å². The van der Waals surface area contributed by atoms with Gasteiger partial charge in [0.2, 0.25) is 0 Å². The zero-order chi connectivity index (χ0) is 13.9. The lowest BCUT2D eigenvalue weighted by Gasteiger charge is -2.12. The Morgan fingerprint density at radius 3 is 3.00 bits per heavy atom. The second kappa shape index (κ2) is 5.21. The van der Waals surface area contributed by atoms with Crippen molar-refractivity contribution in [2.24, 2.45) is 0 Å². The summed E-state index contributed by atoms with van der Waals surface area (Å²) in [5, 5.41) is 3.35. The summed E-state index contributed by atoms with van der Waals surface area (Å²) >= 11 is 0. The molecule has 0 unspecified atom stereocenters. The summed E-state index contributed by atoms with van der Waals surface area (Å²) in [6.45, 7) is 2.17. The fraction of sp³-hybridized carbons (Fsp3) is 0.200. The van der Waals surface area contributed by atoms with Crippen molar-refractivity contribution in [2.45, 2.75) is 19.8 Å². The number of hydrogen-bond acceptors (Lipinski definition) is 4. The first-order valence-electron chi connectivity index (χ1n) is 6.72. The van der Waals surface area contributed by atoms with Crippen molar-refractivity contribution in [1.29, 1.82) is 0 Å². The molecule has 0 radical (unpaired) electrons. The highest BCUT2D eigenvalue weighted by atomic mass is 15.1. The summed E-state index contributed by atoms with van der Waals surface area (Å²) < 4.78 is 1.87. The van der Waals surface area contributed by atoms with E-state index in [1.807, 2.05) is 22.7 Å². The van der Waals surface area contributed by atoms with Gasteiger partial charge in [-0.25, -0.2) is 9.97 Å². The Hall–Kier alpha value is -2.56. The number of nitrogen functional groups attached to an aromatic ring is 1. The third kappa shape index (κ3) is 2.30. The van der Waals surface area contributed by atoms with Gasteiger partial charge in [0.1, 0.15) is 5.82 Å². The summed E-state index contributed by atoms with van der Waals surface area (Å²) in [4.78, 5) is 8.67. The van der Waals surface area contributed by atoms with Gasteiger partial charge in [0.25, 0.3) is 0 Å². The quantitative estimate of drug-likeness (QED) is 0.762. The molecule has 1 aromatic carbocycles. The minimum Gasteiger partial charge on any atom is -0.382 e. The minimum absolute atomic E-state index is 0.464. The predicted molar refractivity (Wildman–Crippen MR) is 81.1 cm³/mol. The van der Waals surface area contributed by atoms with E-state index in [9.17, 15) is 0 Å². The summed E-state index contributed by atoms with van der Waals surface area (Å²) in [7, 11) is 0. The van der Waals surface area contributed by atoms with Gasteiger partial charge in [-0.15, -0.1) is 0 Å². The third-order valence-corrected chi connectivity index (χ3v) is 3.18. The van der Waals surface area contributed by atoms with Crippen molar-refractivity contribution in [3.05, 3.63) is 48.4 Å². The molecule has 5 nitrogen and oxygen atoms in total. The number of anilines is 3. The molecule has 0 aliphatic rings. The van der Waals surface area contributed by atoms with E-state index in [1.54, 1.807) is 12.4 Å². The molecular formula is C15H17N5. The second-order valence-electron chi connectivity index (χ2n) is 4.70. The lowest BCUT2D eigenvalue weighted by atomic mass is 10.1. The summed E-state index contributed by atoms with van der Waals surface area (Å²) in [6, 6.07) is 8.24. The molecule has 102 valence electrons. The van der Waals surface area contributed by atoms with Crippen LogP contribution in [0.2, 0.25) is 0 Å². The highest BCUT2D eigenvalue weighted by Gasteiger charge is 2.08. The van der Waals surface area contributed by atoms with Crippen LogP contribution in [0.1, 0.15) is 18.9 Å². The molecule has 0 aliphatic heterocycles.